The van der Waals surface area contributed by atoms with E-state index < -0.39 is 0 Å². The molecule has 2 heterocycles. The van der Waals surface area contributed by atoms with Gasteiger partial charge in [0.05, 0.1) is 6.33 Å². The Morgan fingerprint density at radius 3 is 2.88 bits per heavy atom. The van der Waals surface area contributed by atoms with Gasteiger partial charge < -0.3 is 15.6 Å². The molecule has 0 aliphatic heterocycles. The summed E-state index contributed by atoms with van der Waals surface area (Å²) in [6, 6.07) is 5.82. The fourth-order valence-electron chi connectivity index (χ4n) is 2.68. The Morgan fingerprint density at radius 1 is 1.25 bits per heavy atom. The molecule has 24 heavy (non-hydrogen) atoms. The Kier molecular flexibility index (Phi) is 4.41. The van der Waals surface area contributed by atoms with Crippen LogP contribution in [-0.2, 0) is 6.54 Å². The highest BCUT2D eigenvalue weighted by atomic mass is 16.1. The van der Waals surface area contributed by atoms with Gasteiger partial charge in [0.2, 0.25) is 0 Å². The number of nitrogens with one attached hydrogen (secondary N) is 1. The summed E-state index contributed by atoms with van der Waals surface area (Å²) in [7, 11) is 0. The second-order valence-electron chi connectivity index (χ2n) is 5.80. The quantitative estimate of drug-likeness (QED) is 0.698. The standard InChI is InChI=1S/C17H20N6O/c1-11-4-5-13(12(2)8-11)17(24)19-6-3-7-23-10-22-14-15(18)20-9-21-16(14)23/h4-5,8-10H,3,6-7H2,1-2H3,(H,19,24)(H2,18,20,21). The largest absolute Gasteiger partial charge is 0.382 e. The number of hydrogen-bond acceptors (Lipinski definition) is 5. The lowest BCUT2D eigenvalue weighted by molar-refractivity contribution is 0.0952. The number of nitrogen functional groups attached to an aromatic ring is 1. The van der Waals surface area contributed by atoms with Crippen molar-refractivity contribution >= 4 is 22.9 Å². The van der Waals surface area contributed by atoms with E-state index in [1.54, 1.807) is 6.33 Å². The monoisotopic (exact) mass is 324 g/mol. The van der Waals surface area contributed by atoms with Crippen molar-refractivity contribution < 1.29 is 4.79 Å². The average molecular weight is 324 g/mol. The number of carbonyl (C=O) groups is 1. The summed E-state index contributed by atoms with van der Waals surface area (Å²) in [6.45, 7) is 5.23. The van der Waals surface area contributed by atoms with Crippen molar-refractivity contribution in [2.45, 2.75) is 26.8 Å². The maximum atomic E-state index is 12.2. The number of fused-ring (bicyclic) bond motifs is 1. The van der Waals surface area contributed by atoms with Gasteiger partial charge in [-0.1, -0.05) is 17.7 Å². The van der Waals surface area contributed by atoms with Crippen LogP contribution in [0.4, 0.5) is 5.82 Å². The van der Waals surface area contributed by atoms with E-state index in [2.05, 4.69) is 20.3 Å². The number of amides is 1. The summed E-state index contributed by atoms with van der Waals surface area (Å²) >= 11 is 0. The maximum Gasteiger partial charge on any atom is 0.251 e. The van der Waals surface area contributed by atoms with E-state index in [1.807, 2.05) is 36.6 Å². The molecule has 0 unspecified atom stereocenters. The molecule has 1 aromatic carbocycles. The van der Waals surface area contributed by atoms with Crippen molar-refractivity contribution in [1.29, 1.82) is 0 Å². The number of nitrogens with zero attached hydrogens (tertiary/aromatic N) is 4. The minimum atomic E-state index is -0.0467. The van der Waals surface area contributed by atoms with Gasteiger partial charge in [0.1, 0.15) is 11.8 Å². The van der Waals surface area contributed by atoms with Crippen molar-refractivity contribution in [3.8, 4) is 0 Å². The lowest BCUT2D eigenvalue weighted by atomic mass is 10.1. The normalized spacial score (nSPS) is 10.9. The van der Waals surface area contributed by atoms with Gasteiger partial charge in [0.15, 0.2) is 11.5 Å². The molecule has 0 aliphatic rings. The van der Waals surface area contributed by atoms with Gasteiger partial charge in [-0.3, -0.25) is 4.79 Å². The van der Waals surface area contributed by atoms with E-state index in [0.29, 0.717) is 35.6 Å². The molecular weight excluding hydrogens is 304 g/mol. The highest BCUT2D eigenvalue weighted by Gasteiger charge is 2.09. The van der Waals surface area contributed by atoms with Crippen molar-refractivity contribution in [1.82, 2.24) is 24.8 Å². The number of aryl methyl sites for hydroxylation is 3. The molecule has 3 aromatic rings. The van der Waals surface area contributed by atoms with Gasteiger partial charge in [-0.2, -0.15) is 0 Å². The molecule has 3 rings (SSSR count). The topological polar surface area (TPSA) is 98.7 Å². The zero-order chi connectivity index (χ0) is 17.1. The van der Waals surface area contributed by atoms with Crippen LogP contribution < -0.4 is 11.1 Å². The lowest BCUT2D eigenvalue weighted by Gasteiger charge is -2.09. The molecule has 0 saturated heterocycles. The molecule has 0 spiro atoms. The van der Waals surface area contributed by atoms with Gasteiger partial charge >= 0.3 is 0 Å². The lowest BCUT2D eigenvalue weighted by Crippen LogP contribution is -2.26. The van der Waals surface area contributed by atoms with Crippen molar-refractivity contribution in [2.75, 3.05) is 12.3 Å². The maximum absolute atomic E-state index is 12.2. The van der Waals surface area contributed by atoms with Crippen LogP contribution in [0.3, 0.4) is 0 Å². The molecule has 0 atom stereocenters. The van der Waals surface area contributed by atoms with Crippen LogP contribution in [-0.4, -0.2) is 32.0 Å². The van der Waals surface area contributed by atoms with Crippen LogP contribution in [0.2, 0.25) is 0 Å². The Bertz CT molecular complexity index is 886. The third-order valence-corrected chi connectivity index (χ3v) is 3.92. The number of rotatable bonds is 5. The highest BCUT2D eigenvalue weighted by molar-refractivity contribution is 5.95. The Morgan fingerprint density at radius 2 is 2.08 bits per heavy atom. The van der Waals surface area contributed by atoms with Gasteiger partial charge in [-0.25, -0.2) is 15.0 Å². The SMILES string of the molecule is Cc1ccc(C(=O)NCCCn2cnc3c(N)ncnc32)c(C)c1. The second kappa shape index (κ2) is 6.66. The van der Waals surface area contributed by atoms with Gasteiger partial charge in [0.25, 0.3) is 5.91 Å². The molecule has 0 saturated carbocycles. The minimum Gasteiger partial charge on any atom is -0.382 e. The molecule has 0 fully saturated rings. The number of aromatic nitrogens is 4. The summed E-state index contributed by atoms with van der Waals surface area (Å²) < 4.78 is 1.91. The Hall–Kier alpha value is -2.96. The first kappa shape index (κ1) is 15.9. The number of benzene rings is 1. The van der Waals surface area contributed by atoms with E-state index in [0.717, 1.165) is 17.5 Å². The summed E-state index contributed by atoms with van der Waals surface area (Å²) in [5.74, 6) is 0.330. The molecule has 1 amide bonds. The average Bonchev–Trinajstić information content (AvgIpc) is 2.96. The summed E-state index contributed by atoms with van der Waals surface area (Å²) in [5, 5.41) is 2.95. The van der Waals surface area contributed by atoms with Gasteiger partial charge in [-0.15, -0.1) is 0 Å². The van der Waals surface area contributed by atoms with Gasteiger partial charge in [-0.05, 0) is 31.9 Å². The van der Waals surface area contributed by atoms with Crippen LogP contribution >= 0.6 is 0 Å². The molecule has 0 aliphatic carbocycles. The summed E-state index contributed by atoms with van der Waals surface area (Å²) in [5.41, 5.74) is 9.94. The van der Waals surface area contributed by atoms with E-state index in [9.17, 15) is 4.79 Å². The molecule has 3 N–H and O–H groups in total. The third-order valence-electron chi connectivity index (χ3n) is 3.92. The first-order chi connectivity index (χ1) is 11.6. The predicted octanol–water partition coefficient (Wildman–Crippen LogP) is 1.85. The number of anilines is 1. The van der Waals surface area contributed by atoms with E-state index in [4.69, 9.17) is 5.73 Å². The minimum absolute atomic E-state index is 0.0467. The van der Waals surface area contributed by atoms with Crippen LogP contribution in [0.25, 0.3) is 11.2 Å². The zero-order valence-electron chi connectivity index (χ0n) is 13.8. The first-order valence-corrected chi connectivity index (χ1v) is 7.83. The smallest absolute Gasteiger partial charge is 0.251 e. The fraction of sp³-hybridized carbons (Fsp3) is 0.294. The van der Waals surface area contributed by atoms with E-state index in [1.165, 1.54) is 6.33 Å². The molecule has 0 radical (unpaired) electrons. The molecule has 7 heteroatoms. The Labute approximate surface area is 139 Å². The molecule has 2 aromatic heterocycles. The predicted molar refractivity (Wildman–Crippen MR) is 92.6 cm³/mol. The molecule has 7 nitrogen and oxygen atoms in total. The van der Waals surface area contributed by atoms with Crippen LogP contribution in [0.15, 0.2) is 30.9 Å². The van der Waals surface area contributed by atoms with Crippen LogP contribution in [0.1, 0.15) is 27.9 Å². The van der Waals surface area contributed by atoms with E-state index in [-0.39, 0.29) is 5.91 Å². The summed E-state index contributed by atoms with van der Waals surface area (Å²) in [6.07, 6.45) is 3.89. The third kappa shape index (κ3) is 3.19. The highest BCUT2D eigenvalue weighted by Crippen LogP contribution is 2.14. The number of nitrogens with two attached hydrogens (primary N) is 1. The fourth-order valence-corrected chi connectivity index (χ4v) is 2.68. The van der Waals surface area contributed by atoms with Gasteiger partial charge in [0, 0.05) is 18.7 Å². The number of carbonyl (C=O) groups excluding carboxylic acids is 1. The first-order valence-electron chi connectivity index (χ1n) is 7.83. The number of imidazole rings is 1. The molecule has 0 bridgehead atoms. The van der Waals surface area contributed by atoms with Crippen LogP contribution in [0, 0.1) is 13.8 Å². The van der Waals surface area contributed by atoms with Crippen molar-refractivity contribution in [3.05, 3.63) is 47.5 Å². The molecular formula is C17H20N6O. The van der Waals surface area contributed by atoms with Crippen LogP contribution in [0.5, 0.6) is 0 Å². The van der Waals surface area contributed by atoms with Crippen molar-refractivity contribution in [3.63, 3.8) is 0 Å². The van der Waals surface area contributed by atoms with E-state index >= 15 is 0 Å². The van der Waals surface area contributed by atoms with Crippen molar-refractivity contribution in [2.24, 2.45) is 0 Å². The zero-order valence-corrected chi connectivity index (χ0v) is 13.8. The molecule has 124 valence electrons. The number of hydrogen-bond donors (Lipinski definition) is 2. The second-order valence-corrected chi connectivity index (χ2v) is 5.80. The summed E-state index contributed by atoms with van der Waals surface area (Å²) in [4.78, 5) is 24.6. The Balaban J connectivity index is 1.56.